The zero-order chi connectivity index (χ0) is 0. The quantitative estimate of drug-likeness (QED) is 0.213. The number of hydrogen-bond acceptors (Lipinski definition) is 0. The van der Waals surface area contributed by atoms with E-state index in [1.807, 2.05) is 0 Å². The Kier molecular flexibility index (Phi) is 3810. The van der Waals surface area contributed by atoms with Gasteiger partial charge in [0.1, 0.15) is 0 Å². The van der Waals surface area contributed by atoms with Crippen molar-refractivity contribution in [2.75, 3.05) is 0 Å². The third kappa shape index (κ3) is 405. The molecule has 0 aliphatic rings. The Hall–Kier alpha value is 36.0. The first-order valence-electron chi connectivity index (χ1n) is 0. The van der Waals surface area contributed by atoms with Gasteiger partial charge in [0, 0.05) is 0 Å². The van der Waals surface area contributed by atoms with Gasteiger partial charge in [0.25, 0.3) is 0 Å². The van der Waals surface area contributed by atoms with Crippen LogP contribution in [0.25, 0.3) is 0 Å². The van der Waals surface area contributed by atoms with E-state index in [-0.39, 0.29) is 1190 Å². The van der Waals surface area contributed by atoms with Gasteiger partial charge in [-0.25, -0.2) is 0 Å². The molecule has 0 aromatic carbocycles. The monoisotopic (exact) mass is 3260 g/mol. The van der Waals surface area contributed by atoms with Crippen LogP contribution in [-0.2, 0) is 457 Å². The standard InChI is InChI=1S/15Ba.7Fe.25S/q16*+2;6*+3;25*-2. The van der Waals surface area contributed by atoms with E-state index in [1.54, 1.807) is 0 Å². The maximum Gasteiger partial charge on any atom is 3.00 e. The second-order valence-electron chi connectivity index (χ2n) is 0. The second-order valence-corrected chi connectivity index (χ2v) is 0. The summed E-state index contributed by atoms with van der Waals surface area (Å²) in [7, 11) is 0. The van der Waals surface area contributed by atoms with Gasteiger partial charge in [-0.05, 0) is 0 Å². The Morgan fingerprint density at radius 2 is 0.0851 bits per heavy atom. The van der Waals surface area contributed by atoms with Crippen LogP contribution >= 0.6 is 0 Å². The van der Waals surface area contributed by atoms with E-state index in [2.05, 4.69) is 0 Å². The molecule has 0 aliphatic carbocycles. The summed E-state index contributed by atoms with van der Waals surface area (Å²) in [6, 6.07) is 0. The molecular formula is Ba15Fe7S25. The minimum atomic E-state index is 0. The molecule has 0 bridgehead atoms. The Labute approximate surface area is 1150 Å². The summed E-state index contributed by atoms with van der Waals surface area (Å²) in [5, 5.41) is 0. The van der Waals surface area contributed by atoms with E-state index in [0.717, 1.165) is 0 Å². The van der Waals surface area contributed by atoms with Gasteiger partial charge in [0.05, 0.1) is 0 Å². The smallest absolute Gasteiger partial charge is 2.00 e. The first kappa shape index (κ1) is 431. The molecule has 0 saturated carbocycles. The summed E-state index contributed by atoms with van der Waals surface area (Å²) in [6.07, 6.45) is 0. The van der Waals surface area contributed by atoms with E-state index in [9.17, 15) is 0 Å². The van der Waals surface area contributed by atoms with Crippen LogP contribution in [0.15, 0.2) is 0 Å². The number of rotatable bonds is 0. The van der Waals surface area contributed by atoms with E-state index >= 15 is 0 Å². The molecule has 0 atom stereocenters. The zero-order valence-electron chi connectivity index (χ0n) is 23.3. The summed E-state index contributed by atoms with van der Waals surface area (Å²) in [4.78, 5) is 0. The van der Waals surface area contributed by atoms with Crippen LogP contribution in [0, 0.1) is 0 Å². The van der Waals surface area contributed by atoms with Crippen molar-refractivity contribution in [3.63, 3.8) is 0 Å². The van der Waals surface area contributed by atoms with E-state index < -0.39 is 0 Å². The molecule has 0 fully saturated rings. The zero-order valence-corrected chi connectivity index (χ0v) is 118. The summed E-state index contributed by atoms with van der Waals surface area (Å²) in [5.41, 5.74) is 0. The Morgan fingerprint density at radius 3 is 0.0851 bits per heavy atom. The van der Waals surface area contributed by atoms with E-state index in [4.69, 9.17) is 0 Å². The molecule has 0 heterocycles. The van der Waals surface area contributed by atoms with Crippen LogP contribution in [0.1, 0.15) is 0 Å². The average molecular weight is 3250 g/mol. The van der Waals surface area contributed by atoms with Crippen molar-refractivity contribution < 1.29 is 119 Å². The maximum atomic E-state index is 0. The fourth-order valence-electron chi connectivity index (χ4n) is 0. The Morgan fingerprint density at radius 1 is 0.0851 bits per heavy atom. The topological polar surface area (TPSA) is 0 Å². The molecule has 0 unspecified atom stereocenters. The van der Waals surface area contributed by atoms with Gasteiger partial charge in [0.2, 0.25) is 0 Å². The first-order valence-corrected chi connectivity index (χ1v) is 0. The molecule has 236 valence electrons. The molecule has 0 saturated heterocycles. The second kappa shape index (κ2) is 415. The minimum absolute atomic E-state index is 0. The van der Waals surface area contributed by atoms with Crippen molar-refractivity contribution in [2.24, 2.45) is 0 Å². The molecule has 6 radical (unpaired) electrons. The fraction of sp³-hybridized carbons (Fsp3) is 0. The number of hydrogen-bond donors (Lipinski definition) is 0. The molecule has 0 aromatic heterocycles. The first-order chi connectivity index (χ1) is 0. The van der Waals surface area contributed by atoms with E-state index in [1.165, 1.54) is 0 Å². The molecule has 0 nitrogen and oxygen atoms in total. The van der Waals surface area contributed by atoms with Gasteiger partial charge in [-0.1, -0.05) is 0 Å². The summed E-state index contributed by atoms with van der Waals surface area (Å²) >= 11 is 0. The van der Waals surface area contributed by atoms with Crippen LogP contribution in [-0.4, -0.2) is 733 Å². The van der Waals surface area contributed by atoms with Gasteiger partial charge in [0.15, 0.2) is 0 Å². The predicted octanol–water partition coefficient (Wildman–Crippen LogP) is -5.79. The third-order valence-electron chi connectivity index (χ3n) is 0. The van der Waals surface area contributed by atoms with Crippen molar-refractivity contribution in [1.29, 1.82) is 0 Å². The molecular weight excluding hydrogens is 3250 g/mol. The largest absolute Gasteiger partial charge is 3.00 e. The molecule has 0 spiro atoms. The normalized spacial score (nSPS) is 0. The van der Waals surface area contributed by atoms with Crippen LogP contribution in [0.4, 0.5) is 0 Å². The van der Waals surface area contributed by atoms with Crippen molar-refractivity contribution >= 4 is 1070 Å². The van der Waals surface area contributed by atoms with Crippen molar-refractivity contribution in [2.45, 2.75) is 0 Å². The predicted molar refractivity (Wildman–Crippen MR) is 270 cm³/mol. The Bertz CT molecular complexity index is 66.7. The van der Waals surface area contributed by atoms with Gasteiger partial charge in [-0.2, -0.15) is 0 Å². The van der Waals surface area contributed by atoms with Crippen molar-refractivity contribution in [1.82, 2.24) is 0 Å². The summed E-state index contributed by atoms with van der Waals surface area (Å²) in [5.74, 6) is 0. The van der Waals surface area contributed by atoms with Crippen molar-refractivity contribution in [3.05, 3.63) is 0 Å². The minimum Gasteiger partial charge on any atom is -2.00 e. The SMILES string of the molecule is [Ba+2].[Ba+2].[Ba+2].[Ba+2].[Ba+2].[Ba+2].[Ba+2].[Ba+2].[Ba+2].[Ba+2].[Ba+2].[Ba+2].[Ba+2].[Ba+2].[Ba+2].[Fe+2].[Fe+3].[Fe+3].[Fe+3].[Fe+3].[Fe+3].[Fe+3].[S-2].[S-2].[S-2].[S-2].[S-2].[S-2].[S-2].[S-2].[S-2].[S-2].[S-2].[S-2].[S-2].[S-2].[S-2].[S-2].[S-2].[S-2].[S-2].[S-2].[S-2].[S-2].[S-2].[S-2].[S-2]. The van der Waals surface area contributed by atoms with Gasteiger partial charge in [-0.3, -0.25) is 0 Å². The molecule has 0 aliphatic heterocycles. The molecule has 0 aromatic rings. The summed E-state index contributed by atoms with van der Waals surface area (Å²) in [6.45, 7) is 0. The van der Waals surface area contributed by atoms with Crippen molar-refractivity contribution in [3.8, 4) is 0 Å². The third-order valence-corrected chi connectivity index (χ3v) is 0. The van der Waals surface area contributed by atoms with Crippen LogP contribution in [0.2, 0.25) is 0 Å². The summed E-state index contributed by atoms with van der Waals surface area (Å²) < 4.78 is 0. The van der Waals surface area contributed by atoms with Gasteiger partial charge < -0.3 is 337 Å². The fourth-order valence-corrected chi connectivity index (χ4v) is 0. The Balaban J connectivity index is 0. The molecule has 0 amide bonds. The van der Waals surface area contributed by atoms with E-state index in [0.29, 0.717) is 0 Å². The molecule has 0 rings (SSSR count). The maximum absolute atomic E-state index is 0. The molecule has 47 heteroatoms. The molecule has 47 heavy (non-hydrogen) atoms. The van der Waals surface area contributed by atoms with Gasteiger partial charge >= 0.3 is 853 Å². The van der Waals surface area contributed by atoms with Crippen LogP contribution in [0.3, 0.4) is 0 Å². The van der Waals surface area contributed by atoms with Crippen LogP contribution in [0.5, 0.6) is 0 Å². The average Bonchev–Trinajstić information content (AvgIpc) is 0. The van der Waals surface area contributed by atoms with Crippen LogP contribution < -0.4 is 0 Å². The molecule has 0 N–H and O–H groups in total. The van der Waals surface area contributed by atoms with Gasteiger partial charge in [-0.15, -0.1) is 0 Å².